The molecule has 0 spiro atoms. The molecule has 100 valence electrons. The van der Waals surface area contributed by atoms with Crippen LogP contribution in [-0.2, 0) is 0 Å². The zero-order chi connectivity index (χ0) is 12.8. The van der Waals surface area contributed by atoms with Crippen LogP contribution >= 0.6 is 0 Å². The van der Waals surface area contributed by atoms with Crippen LogP contribution in [0.25, 0.3) is 0 Å². The predicted octanol–water partition coefficient (Wildman–Crippen LogP) is 3.63. The van der Waals surface area contributed by atoms with Gasteiger partial charge in [0.25, 0.3) is 0 Å². The van der Waals surface area contributed by atoms with Gasteiger partial charge in [-0.25, -0.2) is 0 Å². The minimum absolute atomic E-state index is 0.700. The van der Waals surface area contributed by atoms with Gasteiger partial charge in [0.1, 0.15) is 0 Å². The molecule has 1 aromatic carbocycles. The molecule has 0 amide bonds. The molecule has 2 N–H and O–H groups in total. The lowest BCUT2D eigenvalue weighted by Gasteiger charge is -2.21. The molecule has 2 rings (SSSR count). The molecule has 1 saturated carbocycles. The van der Waals surface area contributed by atoms with E-state index in [1.165, 1.54) is 32.1 Å². The van der Waals surface area contributed by atoms with E-state index in [4.69, 9.17) is 15.2 Å². The van der Waals surface area contributed by atoms with E-state index < -0.39 is 0 Å². The fourth-order valence-electron chi connectivity index (χ4n) is 2.61. The van der Waals surface area contributed by atoms with Gasteiger partial charge in [-0.05, 0) is 24.5 Å². The van der Waals surface area contributed by atoms with Gasteiger partial charge in [-0.2, -0.15) is 0 Å². The summed E-state index contributed by atoms with van der Waals surface area (Å²) < 4.78 is 11.1. The third kappa shape index (κ3) is 3.56. The van der Waals surface area contributed by atoms with Crippen molar-refractivity contribution < 1.29 is 9.47 Å². The lowest BCUT2D eigenvalue weighted by molar-refractivity contribution is 0.238. The van der Waals surface area contributed by atoms with Crippen molar-refractivity contribution in [2.24, 2.45) is 5.92 Å². The van der Waals surface area contributed by atoms with E-state index >= 15 is 0 Å². The van der Waals surface area contributed by atoms with Crippen molar-refractivity contribution in [3.63, 3.8) is 0 Å². The maximum absolute atomic E-state index is 5.81. The van der Waals surface area contributed by atoms with Crippen LogP contribution in [0.1, 0.15) is 38.5 Å². The molecule has 0 aromatic heterocycles. The number of nitrogen functional groups attached to an aromatic ring is 1. The standard InChI is InChI=1S/C15H23NO2/c1-17-15-11-13(16)7-8-14(15)18-10-9-12-5-3-2-4-6-12/h7-8,11-12H,2-6,9-10,16H2,1H3. The Kier molecular flexibility index (Phi) is 4.73. The molecule has 18 heavy (non-hydrogen) atoms. The fraction of sp³-hybridized carbons (Fsp3) is 0.600. The Morgan fingerprint density at radius 3 is 2.67 bits per heavy atom. The number of anilines is 1. The molecule has 1 aromatic rings. The summed E-state index contributed by atoms with van der Waals surface area (Å²) in [6, 6.07) is 5.53. The first-order valence-corrected chi connectivity index (χ1v) is 6.86. The van der Waals surface area contributed by atoms with Gasteiger partial charge in [0.15, 0.2) is 11.5 Å². The Hall–Kier alpha value is -1.38. The molecule has 0 unspecified atom stereocenters. The van der Waals surface area contributed by atoms with Gasteiger partial charge in [-0.1, -0.05) is 32.1 Å². The number of benzene rings is 1. The van der Waals surface area contributed by atoms with Crippen LogP contribution in [0.4, 0.5) is 5.69 Å². The zero-order valence-electron chi connectivity index (χ0n) is 11.2. The van der Waals surface area contributed by atoms with Crippen LogP contribution in [0.5, 0.6) is 11.5 Å². The molecule has 3 heteroatoms. The highest BCUT2D eigenvalue weighted by Gasteiger charge is 2.13. The number of methoxy groups -OCH3 is 1. The van der Waals surface area contributed by atoms with Crippen LogP contribution in [0.2, 0.25) is 0 Å². The number of rotatable bonds is 5. The van der Waals surface area contributed by atoms with Crippen molar-refractivity contribution in [1.29, 1.82) is 0 Å². The second-order valence-electron chi connectivity index (χ2n) is 5.05. The number of ether oxygens (including phenoxy) is 2. The normalized spacial score (nSPS) is 16.5. The molecular weight excluding hydrogens is 226 g/mol. The number of hydrogen-bond acceptors (Lipinski definition) is 3. The number of hydrogen-bond donors (Lipinski definition) is 1. The van der Waals surface area contributed by atoms with Crippen molar-refractivity contribution >= 4 is 5.69 Å². The lowest BCUT2D eigenvalue weighted by atomic mass is 9.87. The summed E-state index contributed by atoms with van der Waals surface area (Å²) in [6.45, 7) is 0.769. The van der Waals surface area contributed by atoms with Gasteiger partial charge >= 0.3 is 0 Å². The first-order chi connectivity index (χ1) is 8.79. The topological polar surface area (TPSA) is 44.5 Å². The van der Waals surface area contributed by atoms with E-state index in [-0.39, 0.29) is 0 Å². The summed E-state index contributed by atoms with van der Waals surface area (Å²) in [6.07, 6.45) is 8.05. The molecule has 0 radical (unpaired) electrons. The summed E-state index contributed by atoms with van der Waals surface area (Å²) in [5.74, 6) is 2.36. The highest BCUT2D eigenvalue weighted by atomic mass is 16.5. The molecule has 0 bridgehead atoms. The minimum atomic E-state index is 0.700. The Bertz CT molecular complexity index is 373. The summed E-state index contributed by atoms with van der Waals surface area (Å²) in [7, 11) is 1.64. The minimum Gasteiger partial charge on any atom is -0.493 e. The van der Waals surface area contributed by atoms with Crippen LogP contribution in [0.15, 0.2) is 18.2 Å². The van der Waals surface area contributed by atoms with Crippen molar-refractivity contribution in [3.8, 4) is 11.5 Å². The predicted molar refractivity (Wildman–Crippen MR) is 74.1 cm³/mol. The van der Waals surface area contributed by atoms with Crippen molar-refractivity contribution in [1.82, 2.24) is 0 Å². The second kappa shape index (κ2) is 6.53. The molecule has 1 fully saturated rings. The van der Waals surface area contributed by atoms with Crippen LogP contribution in [-0.4, -0.2) is 13.7 Å². The van der Waals surface area contributed by atoms with Crippen LogP contribution < -0.4 is 15.2 Å². The van der Waals surface area contributed by atoms with Gasteiger partial charge in [0.05, 0.1) is 13.7 Å². The van der Waals surface area contributed by atoms with E-state index in [9.17, 15) is 0 Å². The van der Waals surface area contributed by atoms with Crippen molar-refractivity contribution in [3.05, 3.63) is 18.2 Å². The van der Waals surface area contributed by atoms with Gasteiger partial charge in [0.2, 0.25) is 0 Å². The average molecular weight is 249 g/mol. The Labute approximate surface area is 109 Å². The molecule has 0 heterocycles. The molecular formula is C15H23NO2. The van der Waals surface area contributed by atoms with E-state index in [0.29, 0.717) is 5.69 Å². The second-order valence-corrected chi connectivity index (χ2v) is 5.05. The molecule has 1 aliphatic rings. The Balaban J connectivity index is 1.82. The van der Waals surface area contributed by atoms with Gasteiger partial charge in [-0.3, -0.25) is 0 Å². The molecule has 0 atom stereocenters. The molecule has 0 aliphatic heterocycles. The zero-order valence-corrected chi connectivity index (χ0v) is 11.2. The van der Waals surface area contributed by atoms with E-state index in [2.05, 4.69) is 0 Å². The highest BCUT2D eigenvalue weighted by Crippen LogP contribution is 2.30. The van der Waals surface area contributed by atoms with Gasteiger partial charge in [-0.15, -0.1) is 0 Å². The summed E-state index contributed by atoms with van der Waals surface area (Å²) in [4.78, 5) is 0. The third-order valence-corrected chi connectivity index (χ3v) is 3.70. The fourth-order valence-corrected chi connectivity index (χ4v) is 2.61. The van der Waals surface area contributed by atoms with Crippen LogP contribution in [0.3, 0.4) is 0 Å². The quantitative estimate of drug-likeness (QED) is 0.810. The molecule has 1 aliphatic carbocycles. The van der Waals surface area contributed by atoms with E-state index in [1.807, 2.05) is 12.1 Å². The first kappa shape index (κ1) is 13.1. The van der Waals surface area contributed by atoms with E-state index in [1.54, 1.807) is 13.2 Å². The summed E-state index contributed by atoms with van der Waals surface area (Å²) >= 11 is 0. The number of nitrogens with two attached hydrogens (primary N) is 1. The van der Waals surface area contributed by atoms with Gasteiger partial charge < -0.3 is 15.2 Å². The summed E-state index contributed by atoms with van der Waals surface area (Å²) in [5, 5.41) is 0. The van der Waals surface area contributed by atoms with Crippen LogP contribution in [0, 0.1) is 5.92 Å². The SMILES string of the molecule is COc1cc(N)ccc1OCCC1CCCCC1. The lowest BCUT2D eigenvalue weighted by Crippen LogP contribution is -2.11. The van der Waals surface area contributed by atoms with Gasteiger partial charge in [0, 0.05) is 11.8 Å². The Morgan fingerprint density at radius 1 is 1.17 bits per heavy atom. The Morgan fingerprint density at radius 2 is 1.94 bits per heavy atom. The summed E-state index contributed by atoms with van der Waals surface area (Å²) in [5.41, 5.74) is 6.41. The maximum Gasteiger partial charge on any atom is 0.162 e. The monoisotopic (exact) mass is 249 g/mol. The maximum atomic E-state index is 5.81. The third-order valence-electron chi connectivity index (χ3n) is 3.70. The van der Waals surface area contributed by atoms with Crippen molar-refractivity contribution in [2.45, 2.75) is 38.5 Å². The largest absolute Gasteiger partial charge is 0.493 e. The smallest absolute Gasteiger partial charge is 0.162 e. The molecule has 3 nitrogen and oxygen atoms in total. The highest BCUT2D eigenvalue weighted by molar-refractivity contribution is 5.51. The van der Waals surface area contributed by atoms with Crippen molar-refractivity contribution in [2.75, 3.05) is 19.5 Å². The average Bonchev–Trinajstić information content (AvgIpc) is 2.41. The van der Waals surface area contributed by atoms with E-state index in [0.717, 1.165) is 30.4 Å². The first-order valence-electron chi connectivity index (χ1n) is 6.86. The molecule has 0 saturated heterocycles.